The fourth-order valence-corrected chi connectivity index (χ4v) is 1.70. The monoisotopic (exact) mass is 289 g/mol. The molecule has 1 amide bonds. The first-order chi connectivity index (χ1) is 9.70. The van der Waals surface area contributed by atoms with Crippen LogP contribution in [0.15, 0.2) is 41.2 Å². The minimum absolute atomic E-state index is 0.00268. The Labute approximate surface area is 121 Å². The predicted octanol–water partition coefficient (Wildman–Crippen LogP) is 2.92. The quantitative estimate of drug-likeness (QED) is 0.854. The number of hydrogen-bond donors (Lipinski definition) is 2. The first-order valence-corrected chi connectivity index (χ1v) is 6.31. The fourth-order valence-electron chi connectivity index (χ4n) is 1.53. The summed E-state index contributed by atoms with van der Waals surface area (Å²) in [5.74, 6) is 5.39. The minimum Gasteiger partial charge on any atom is -0.472 e. The van der Waals surface area contributed by atoms with Crippen LogP contribution in [0.1, 0.15) is 22.3 Å². The lowest BCUT2D eigenvalue weighted by Crippen LogP contribution is -2.11. The van der Waals surface area contributed by atoms with Crippen LogP contribution in [0.25, 0.3) is 0 Å². The van der Waals surface area contributed by atoms with Gasteiger partial charge in [0.2, 0.25) is 0 Å². The molecule has 0 atom stereocenters. The molecule has 0 radical (unpaired) electrons. The third-order valence-corrected chi connectivity index (χ3v) is 2.71. The molecule has 0 saturated heterocycles. The number of carbonyl (C=O) groups is 1. The molecule has 2 aromatic rings. The first-order valence-electron chi connectivity index (χ1n) is 5.93. The van der Waals surface area contributed by atoms with Crippen LogP contribution in [0.3, 0.4) is 0 Å². The van der Waals surface area contributed by atoms with Gasteiger partial charge in [-0.05, 0) is 24.3 Å². The standard InChI is InChI=1S/C15H12ClNO3/c16-13-5-4-11(3-1-2-7-18)14(9-13)17-15(19)12-6-8-20-10-12/h4-6,8-10,18H,2,7H2,(H,17,19). The summed E-state index contributed by atoms with van der Waals surface area (Å²) in [6, 6.07) is 6.61. The molecular weight excluding hydrogens is 278 g/mol. The maximum absolute atomic E-state index is 12.0. The Hall–Kier alpha value is -2.22. The Morgan fingerprint density at radius 2 is 2.25 bits per heavy atom. The van der Waals surface area contributed by atoms with Crippen LogP contribution >= 0.6 is 11.6 Å². The normalized spacial score (nSPS) is 9.70. The second-order valence-electron chi connectivity index (χ2n) is 3.93. The lowest BCUT2D eigenvalue weighted by Gasteiger charge is -2.07. The molecule has 0 spiro atoms. The van der Waals surface area contributed by atoms with Gasteiger partial charge in [0.1, 0.15) is 6.26 Å². The highest BCUT2D eigenvalue weighted by Gasteiger charge is 2.10. The van der Waals surface area contributed by atoms with E-state index in [4.69, 9.17) is 21.1 Å². The molecule has 0 aliphatic rings. The number of furan rings is 1. The van der Waals surface area contributed by atoms with Gasteiger partial charge in [0.25, 0.3) is 5.91 Å². The molecule has 2 rings (SSSR count). The van der Waals surface area contributed by atoms with Gasteiger partial charge in [0.15, 0.2) is 0 Å². The van der Waals surface area contributed by atoms with Crippen molar-refractivity contribution in [3.63, 3.8) is 0 Å². The Bertz CT molecular complexity index is 653. The predicted molar refractivity (Wildman–Crippen MR) is 76.7 cm³/mol. The molecule has 0 saturated carbocycles. The number of benzene rings is 1. The summed E-state index contributed by atoms with van der Waals surface area (Å²) in [6.07, 6.45) is 3.16. The van der Waals surface area contributed by atoms with Gasteiger partial charge in [-0.2, -0.15) is 0 Å². The third kappa shape index (κ3) is 3.64. The van der Waals surface area contributed by atoms with E-state index < -0.39 is 0 Å². The molecule has 1 aromatic carbocycles. The summed E-state index contributed by atoms with van der Waals surface area (Å²) in [6.45, 7) is -0.00268. The van der Waals surface area contributed by atoms with Gasteiger partial charge >= 0.3 is 0 Å². The minimum atomic E-state index is -0.300. The van der Waals surface area contributed by atoms with Crippen LogP contribution in [0, 0.1) is 11.8 Å². The van der Waals surface area contributed by atoms with Crippen molar-refractivity contribution in [1.82, 2.24) is 0 Å². The van der Waals surface area contributed by atoms with E-state index in [1.807, 2.05) is 0 Å². The summed E-state index contributed by atoms with van der Waals surface area (Å²) >= 11 is 5.93. The van der Waals surface area contributed by atoms with Gasteiger partial charge in [-0.15, -0.1) is 0 Å². The van der Waals surface area contributed by atoms with E-state index in [9.17, 15) is 4.79 Å². The number of rotatable bonds is 3. The van der Waals surface area contributed by atoms with E-state index in [1.165, 1.54) is 12.5 Å². The summed E-state index contributed by atoms with van der Waals surface area (Å²) in [5, 5.41) is 12.0. The van der Waals surface area contributed by atoms with E-state index in [0.29, 0.717) is 28.3 Å². The Balaban J connectivity index is 2.24. The van der Waals surface area contributed by atoms with Gasteiger partial charge in [0, 0.05) is 17.0 Å². The Kier molecular flexibility index (Phi) is 4.83. The zero-order valence-electron chi connectivity index (χ0n) is 10.5. The molecule has 0 aliphatic heterocycles. The van der Waals surface area contributed by atoms with E-state index in [2.05, 4.69) is 17.2 Å². The number of amides is 1. The highest BCUT2D eigenvalue weighted by Crippen LogP contribution is 2.21. The topological polar surface area (TPSA) is 62.5 Å². The summed E-state index contributed by atoms with van der Waals surface area (Å²) < 4.78 is 4.86. The largest absolute Gasteiger partial charge is 0.472 e. The molecule has 4 nitrogen and oxygen atoms in total. The lowest BCUT2D eigenvalue weighted by molar-refractivity contribution is 0.102. The number of carbonyl (C=O) groups excluding carboxylic acids is 1. The Morgan fingerprint density at radius 3 is 2.95 bits per heavy atom. The van der Waals surface area contributed by atoms with E-state index in [0.717, 1.165) is 0 Å². The second kappa shape index (κ2) is 6.80. The highest BCUT2D eigenvalue weighted by atomic mass is 35.5. The van der Waals surface area contributed by atoms with Gasteiger partial charge in [0.05, 0.1) is 24.1 Å². The van der Waals surface area contributed by atoms with Crippen molar-refractivity contribution in [2.24, 2.45) is 0 Å². The molecule has 1 aromatic heterocycles. The smallest absolute Gasteiger partial charge is 0.258 e. The molecule has 0 aliphatic carbocycles. The number of hydrogen-bond acceptors (Lipinski definition) is 3. The van der Waals surface area contributed by atoms with Crippen molar-refractivity contribution in [1.29, 1.82) is 0 Å². The third-order valence-electron chi connectivity index (χ3n) is 2.47. The zero-order chi connectivity index (χ0) is 14.4. The van der Waals surface area contributed by atoms with Crippen molar-refractivity contribution < 1.29 is 14.3 Å². The van der Waals surface area contributed by atoms with Crippen LogP contribution in [-0.4, -0.2) is 17.6 Å². The highest BCUT2D eigenvalue weighted by molar-refractivity contribution is 6.31. The van der Waals surface area contributed by atoms with Crippen LogP contribution < -0.4 is 5.32 Å². The van der Waals surface area contributed by atoms with E-state index in [1.54, 1.807) is 24.3 Å². The van der Waals surface area contributed by atoms with Crippen LogP contribution in [0.5, 0.6) is 0 Å². The molecule has 0 bridgehead atoms. The average Bonchev–Trinajstić information content (AvgIpc) is 2.95. The number of anilines is 1. The molecule has 0 unspecified atom stereocenters. The summed E-state index contributed by atoms with van der Waals surface area (Å²) in [4.78, 5) is 12.0. The molecule has 1 heterocycles. The van der Waals surface area contributed by atoms with Crippen molar-refractivity contribution in [3.05, 3.63) is 52.9 Å². The lowest BCUT2D eigenvalue weighted by atomic mass is 10.1. The first kappa shape index (κ1) is 14.2. The molecule has 0 fully saturated rings. The zero-order valence-corrected chi connectivity index (χ0v) is 11.3. The van der Waals surface area contributed by atoms with Crippen LogP contribution in [0.2, 0.25) is 5.02 Å². The van der Waals surface area contributed by atoms with Gasteiger partial charge in [-0.3, -0.25) is 4.79 Å². The molecule has 2 N–H and O–H groups in total. The summed E-state index contributed by atoms with van der Waals surface area (Å²) in [5.41, 5.74) is 1.58. The van der Waals surface area contributed by atoms with Gasteiger partial charge in [-0.25, -0.2) is 0 Å². The van der Waals surface area contributed by atoms with Gasteiger partial charge < -0.3 is 14.8 Å². The van der Waals surface area contributed by atoms with Crippen molar-refractivity contribution in [3.8, 4) is 11.8 Å². The molecule has 20 heavy (non-hydrogen) atoms. The fraction of sp³-hybridized carbons (Fsp3) is 0.133. The van der Waals surface area contributed by atoms with E-state index in [-0.39, 0.29) is 12.5 Å². The number of nitrogens with one attached hydrogen (secondary N) is 1. The maximum Gasteiger partial charge on any atom is 0.258 e. The molecular formula is C15H12ClNO3. The number of aliphatic hydroxyl groups excluding tert-OH is 1. The van der Waals surface area contributed by atoms with Crippen molar-refractivity contribution in [2.45, 2.75) is 6.42 Å². The van der Waals surface area contributed by atoms with Crippen molar-refractivity contribution >= 4 is 23.2 Å². The van der Waals surface area contributed by atoms with Crippen LogP contribution in [0.4, 0.5) is 5.69 Å². The molecule has 102 valence electrons. The summed E-state index contributed by atoms with van der Waals surface area (Å²) in [7, 11) is 0. The van der Waals surface area contributed by atoms with E-state index >= 15 is 0 Å². The molecule has 5 heteroatoms. The Morgan fingerprint density at radius 1 is 1.40 bits per heavy atom. The number of halogens is 1. The maximum atomic E-state index is 12.0. The SMILES string of the molecule is O=C(Nc1cc(Cl)ccc1C#CCCO)c1ccoc1. The van der Waals surface area contributed by atoms with Gasteiger partial charge in [-0.1, -0.05) is 23.4 Å². The van der Waals surface area contributed by atoms with Crippen LogP contribution in [-0.2, 0) is 0 Å². The second-order valence-corrected chi connectivity index (χ2v) is 4.37. The average molecular weight is 290 g/mol. The van der Waals surface area contributed by atoms with Crippen molar-refractivity contribution in [2.75, 3.05) is 11.9 Å². The number of aliphatic hydroxyl groups is 1.